The molecule has 0 radical (unpaired) electrons. The smallest absolute Gasteiger partial charge is 0.335 e. The minimum absolute atomic E-state index is 0.266. The van der Waals surface area contributed by atoms with Crippen molar-refractivity contribution in [1.82, 2.24) is 14.9 Å². The maximum Gasteiger partial charge on any atom is 0.335 e. The maximum atomic E-state index is 11.3. The Morgan fingerprint density at radius 2 is 2.00 bits per heavy atom. The number of aryl methyl sites for hydroxylation is 1. The molecule has 0 bridgehead atoms. The fraction of sp³-hybridized carbons (Fsp3) is 0.440. The molecule has 2 aromatic carbocycles. The largest absolute Gasteiger partial charge is 0.496 e. The molecule has 3 aromatic rings. The van der Waals surface area contributed by atoms with Gasteiger partial charge in [0.1, 0.15) is 5.75 Å². The van der Waals surface area contributed by atoms with Crippen molar-refractivity contribution >= 4 is 17.0 Å². The average molecular weight is 420 g/mol. The number of hydrogen-bond acceptors (Lipinski definition) is 4. The van der Waals surface area contributed by atoms with E-state index in [-0.39, 0.29) is 6.04 Å². The first-order valence-electron chi connectivity index (χ1n) is 11.1. The number of aromatic amines is 1. The number of ether oxygens (including phenoxy) is 1. The molecule has 1 saturated heterocycles. The number of methoxy groups -OCH3 is 1. The van der Waals surface area contributed by atoms with Crippen molar-refractivity contribution in [2.75, 3.05) is 13.7 Å². The number of H-pyrrole nitrogens is 1. The van der Waals surface area contributed by atoms with Gasteiger partial charge in [0.15, 0.2) is 0 Å². The third-order valence-electron chi connectivity index (χ3n) is 7.13. The number of aromatic nitrogens is 2. The number of benzene rings is 2. The van der Waals surface area contributed by atoms with E-state index in [1.54, 1.807) is 25.6 Å². The monoisotopic (exact) mass is 419 g/mol. The first kappa shape index (κ1) is 20.1. The summed E-state index contributed by atoms with van der Waals surface area (Å²) in [5.74, 6) is 1.62. The lowest BCUT2D eigenvalue weighted by atomic mass is 9.83. The van der Waals surface area contributed by atoms with E-state index < -0.39 is 5.97 Å². The van der Waals surface area contributed by atoms with Crippen LogP contribution in [-0.2, 0) is 6.54 Å². The van der Waals surface area contributed by atoms with E-state index in [1.807, 2.05) is 12.1 Å². The van der Waals surface area contributed by atoms with Gasteiger partial charge in [-0.1, -0.05) is 12.1 Å². The molecule has 1 unspecified atom stereocenters. The molecule has 2 aliphatic rings. The number of nitrogens with one attached hydrogen (secondary N) is 1. The highest BCUT2D eigenvalue weighted by Gasteiger charge is 2.38. The average Bonchev–Trinajstić information content (AvgIpc) is 3.51. The molecule has 2 heterocycles. The number of fused-ring (bicyclic) bond motifs is 1. The molecule has 2 N–H and O–H groups in total. The summed E-state index contributed by atoms with van der Waals surface area (Å²) in [5, 5.41) is 9.28. The number of imidazole rings is 1. The van der Waals surface area contributed by atoms with Crippen molar-refractivity contribution in [2.45, 2.75) is 45.2 Å². The van der Waals surface area contributed by atoms with Crippen LogP contribution in [0, 0.1) is 18.8 Å². The summed E-state index contributed by atoms with van der Waals surface area (Å²) in [6.07, 6.45) is 6.80. The fourth-order valence-electron chi connectivity index (χ4n) is 5.26. The van der Waals surface area contributed by atoms with Gasteiger partial charge in [0, 0.05) is 18.2 Å². The lowest BCUT2D eigenvalue weighted by Gasteiger charge is -2.40. The summed E-state index contributed by atoms with van der Waals surface area (Å²) in [6.45, 7) is 3.85. The number of carboxylic acid groups (broad SMARTS) is 1. The molecule has 2 atom stereocenters. The maximum absolute atomic E-state index is 11.3. The number of carboxylic acids is 1. The molecular weight excluding hydrogens is 390 g/mol. The number of hydrogen-bond donors (Lipinski definition) is 2. The van der Waals surface area contributed by atoms with Gasteiger partial charge in [0.25, 0.3) is 0 Å². The van der Waals surface area contributed by atoms with Crippen molar-refractivity contribution in [1.29, 1.82) is 0 Å². The third kappa shape index (κ3) is 3.81. The van der Waals surface area contributed by atoms with Gasteiger partial charge in [-0.3, -0.25) is 4.90 Å². The summed E-state index contributed by atoms with van der Waals surface area (Å²) in [7, 11) is 1.72. The zero-order chi connectivity index (χ0) is 21.5. The molecular formula is C25H29N3O3. The van der Waals surface area contributed by atoms with Gasteiger partial charge in [0.05, 0.1) is 30.0 Å². The van der Waals surface area contributed by atoms with E-state index in [4.69, 9.17) is 4.74 Å². The Morgan fingerprint density at radius 1 is 1.23 bits per heavy atom. The topological polar surface area (TPSA) is 78.5 Å². The lowest BCUT2D eigenvalue weighted by Crippen LogP contribution is -2.37. The number of piperidine rings is 1. The summed E-state index contributed by atoms with van der Waals surface area (Å²) < 4.78 is 5.75. The van der Waals surface area contributed by atoms with Crippen molar-refractivity contribution in [3.05, 3.63) is 58.9 Å². The highest BCUT2D eigenvalue weighted by molar-refractivity contribution is 5.87. The fourth-order valence-corrected chi connectivity index (χ4v) is 5.26. The second kappa shape index (κ2) is 8.00. The Kier molecular flexibility index (Phi) is 5.18. The standard InChI is InChI=1S/C25H29N3O3/c1-15-11-22(31-2)20(24-23(15)26-14-27-24)13-28-10-9-19(16-3-4-16)12-21(28)17-5-7-18(8-6-17)25(29)30/h5-8,11,14,16,19,21H,3-4,9-10,12-13H2,1-2H3,(H,26,27)(H,29,30)/t19?,21-/m0/s1. The molecule has 0 amide bonds. The zero-order valence-electron chi connectivity index (χ0n) is 18.1. The highest BCUT2D eigenvalue weighted by Crippen LogP contribution is 2.47. The van der Waals surface area contributed by atoms with Crippen LogP contribution in [0.5, 0.6) is 5.75 Å². The number of aromatic carboxylic acids is 1. The Balaban J connectivity index is 1.49. The molecule has 0 spiro atoms. The Hall–Kier alpha value is -2.86. The van der Waals surface area contributed by atoms with E-state index in [0.717, 1.165) is 59.3 Å². The third-order valence-corrected chi connectivity index (χ3v) is 7.13. The predicted molar refractivity (Wildman–Crippen MR) is 119 cm³/mol. The normalized spacial score (nSPS) is 22.0. The van der Waals surface area contributed by atoms with Crippen LogP contribution in [0.4, 0.5) is 0 Å². The minimum atomic E-state index is -0.881. The Labute approximate surface area is 182 Å². The molecule has 1 aromatic heterocycles. The van der Waals surface area contributed by atoms with Gasteiger partial charge in [-0.2, -0.15) is 0 Å². The molecule has 31 heavy (non-hydrogen) atoms. The van der Waals surface area contributed by atoms with E-state index in [9.17, 15) is 9.90 Å². The summed E-state index contributed by atoms with van der Waals surface area (Å²) in [4.78, 5) is 21.7. The number of likely N-dealkylation sites (tertiary alicyclic amines) is 1. The van der Waals surface area contributed by atoms with Crippen molar-refractivity contribution in [2.24, 2.45) is 11.8 Å². The van der Waals surface area contributed by atoms with E-state index in [2.05, 4.69) is 27.9 Å². The Bertz CT molecular complexity index is 1100. The quantitative estimate of drug-likeness (QED) is 0.592. The molecule has 1 aliphatic heterocycles. The van der Waals surface area contributed by atoms with Crippen molar-refractivity contribution < 1.29 is 14.6 Å². The summed E-state index contributed by atoms with van der Waals surface area (Å²) in [5.41, 5.74) is 5.80. The SMILES string of the molecule is COc1cc(C)c2[nH]cnc2c1CN1CCC(C2CC2)C[C@H]1c1ccc(C(=O)O)cc1. The van der Waals surface area contributed by atoms with E-state index in [1.165, 1.54) is 24.8 Å². The van der Waals surface area contributed by atoms with Crippen LogP contribution >= 0.6 is 0 Å². The number of nitrogens with zero attached hydrogens (tertiary/aromatic N) is 2. The van der Waals surface area contributed by atoms with Crippen LogP contribution < -0.4 is 4.74 Å². The van der Waals surface area contributed by atoms with E-state index in [0.29, 0.717) is 5.56 Å². The molecule has 2 fully saturated rings. The molecule has 6 heteroatoms. The minimum Gasteiger partial charge on any atom is -0.496 e. The molecule has 162 valence electrons. The van der Waals surface area contributed by atoms with E-state index >= 15 is 0 Å². The van der Waals surface area contributed by atoms with Gasteiger partial charge < -0.3 is 14.8 Å². The van der Waals surface area contributed by atoms with Gasteiger partial charge in [-0.15, -0.1) is 0 Å². The molecule has 1 saturated carbocycles. The second-order valence-electron chi connectivity index (χ2n) is 9.04. The van der Waals surface area contributed by atoms with Gasteiger partial charge in [0.2, 0.25) is 0 Å². The molecule has 1 aliphatic carbocycles. The van der Waals surface area contributed by atoms with Crippen molar-refractivity contribution in [3.8, 4) is 5.75 Å². The van der Waals surface area contributed by atoms with Crippen LogP contribution in [0.2, 0.25) is 0 Å². The summed E-state index contributed by atoms with van der Waals surface area (Å²) >= 11 is 0. The van der Waals surface area contributed by atoms with Crippen LogP contribution in [0.1, 0.15) is 58.8 Å². The lowest BCUT2D eigenvalue weighted by molar-refractivity contribution is 0.0696. The van der Waals surface area contributed by atoms with Crippen LogP contribution in [0.15, 0.2) is 36.7 Å². The van der Waals surface area contributed by atoms with Gasteiger partial charge >= 0.3 is 5.97 Å². The van der Waals surface area contributed by atoms with Gasteiger partial charge in [-0.05, 0) is 80.3 Å². The van der Waals surface area contributed by atoms with Crippen LogP contribution in [-0.4, -0.2) is 39.6 Å². The zero-order valence-corrected chi connectivity index (χ0v) is 18.1. The first-order chi connectivity index (χ1) is 15.0. The first-order valence-corrected chi connectivity index (χ1v) is 11.1. The molecule has 5 rings (SSSR count). The highest BCUT2D eigenvalue weighted by atomic mass is 16.5. The Morgan fingerprint density at radius 3 is 2.68 bits per heavy atom. The summed E-state index contributed by atoms with van der Waals surface area (Å²) in [6, 6.07) is 9.80. The second-order valence-corrected chi connectivity index (χ2v) is 9.04. The van der Waals surface area contributed by atoms with Crippen LogP contribution in [0.25, 0.3) is 11.0 Å². The van der Waals surface area contributed by atoms with Crippen molar-refractivity contribution in [3.63, 3.8) is 0 Å². The van der Waals surface area contributed by atoms with Crippen LogP contribution in [0.3, 0.4) is 0 Å². The predicted octanol–water partition coefficient (Wildman–Crippen LogP) is 4.94. The number of rotatable bonds is 6. The van der Waals surface area contributed by atoms with Gasteiger partial charge in [-0.25, -0.2) is 9.78 Å². The number of carbonyl (C=O) groups is 1. The molecule has 6 nitrogen and oxygen atoms in total.